The summed E-state index contributed by atoms with van der Waals surface area (Å²) in [5.74, 6) is -2.90. The van der Waals surface area contributed by atoms with Crippen molar-refractivity contribution in [2.75, 3.05) is 36.3 Å². The Morgan fingerprint density at radius 1 is 1.05 bits per heavy atom. The molecule has 0 spiro atoms. The van der Waals surface area contributed by atoms with Gasteiger partial charge in [-0.3, -0.25) is 14.5 Å². The second-order valence-corrected chi connectivity index (χ2v) is 9.09. The summed E-state index contributed by atoms with van der Waals surface area (Å²) in [6.07, 6.45) is -5.13. The van der Waals surface area contributed by atoms with Gasteiger partial charge in [0.1, 0.15) is 23.9 Å². The smallest absolute Gasteiger partial charge is 0.471 e. The molecule has 39 heavy (non-hydrogen) atoms. The maximum absolute atomic E-state index is 13.8. The highest BCUT2D eigenvalue weighted by molar-refractivity contribution is 5.98. The van der Waals surface area contributed by atoms with E-state index >= 15 is 0 Å². The number of halogens is 4. The van der Waals surface area contributed by atoms with Crippen LogP contribution in [0.2, 0.25) is 0 Å². The fourth-order valence-electron chi connectivity index (χ4n) is 4.77. The van der Waals surface area contributed by atoms with Crippen molar-refractivity contribution in [1.29, 1.82) is 0 Å². The first-order valence-electron chi connectivity index (χ1n) is 11.9. The molecule has 2 heterocycles. The molecule has 5 rings (SSSR count). The zero-order valence-electron chi connectivity index (χ0n) is 20.5. The molecule has 0 bridgehead atoms. The Morgan fingerprint density at radius 3 is 2.59 bits per heavy atom. The molecule has 3 N–H and O–H groups in total. The molecule has 8 nitrogen and oxygen atoms in total. The highest BCUT2D eigenvalue weighted by atomic mass is 19.4. The van der Waals surface area contributed by atoms with E-state index in [4.69, 9.17) is 19.9 Å². The van der Waals surface area contributed by atoms with Crippen molar-refractivity contribution >= 4 is 34.6 Å². The number of nitrogens with zero attached hydrogens (tertiary/aromatic N) is 1. The number of methoxy groups -OCH3 is 1. The number of nitrogen functional groups attached to an aromatic ring is 1. The molecule has 3 aromatic carbocycles. The first-order valence-corrected chi connectivity index (χ1v) is 11.9. The van der Waals surface area contributed by atoms with Gasteiger partial charge in [0.15, 0.2) is 0 Å². The van der Waals surface area contributed by atoms with Crippen molar-refractivity contribution in [3.8, 4) is 11.5 Å². The molecule has 2 aliphatic rings. The van der Waals surface area contributed by atoms with E-state index in [-0.39, 0.29) is 54.1 Å². The number of hydrogen-bond acceptors (Lipinski definition) is 7. The van der Waals surface area contributed by atoms with E-state index in [9.17, 15) is 27.2 Å². The molecule has 2 atom stereocenters. The lowest BCUT2D eigenvalue weighted by molar-refractivity contribution is -0.171. The van der Waals surface area contributed by atoms with E-state index in [0.29, 0.717) is 21.7 Å². The second-order valence-electron chi connectivity index (χ2n) is 9.09. The molecule has 0 unspecified atom stereocenters. The lowest BCUT2D eigenvalue weighted by Crippen LogP contribution is -2.44. The summed E-state index contributed by atoms with van der Waals surface area (Å²) in [4.78, 5) is 25.1. The molecule has 12 heteroatoms. The number of amides is 1. The standard InChI is InChI=1S/C27H23F4N3O5/c1-37-24(35)9-14-12-38-23-11-16(6-7-17(14)23)34(26(36)27(29,30)31)22-13-39-25-18(22)3-2-4-20(25)33-21-10-15(28)5-8-19(21)32/h2-8,10-11,14,22,33H,9,12-13,32H2,1H3/t14-,22+/m1/s1. The first-order chi connectivity index (χ1) is 18.6. The Kier molecular flexibility index (Phi) is 6.71. The van der Waals surface area contributed by atoms with Crippen LogP contribution in [0.3, 0.4) is 0 Å². The van der Waals surface area contributed by atoms with Gasteiger partial charge in [-0.1, -0.05) is 18.2 Å². The van der Waals surface area contributed by atoms with Gasteiger partial charge in [-0.2, -0.15) is 13.2 Å². The van der Waals surface area contributed by atoms with Gasteiger partial charge < -0.3 is 25.3 Å². The Hall–Kier alpha value is -4.48. The Bertz CT molecular complexity index is 1450. The van der Waals surface area contributed by atoms with Gasteiger partial charge in [0.05, 0.1) is 43.2 Å². The number of esters is 1. The van der Waals surface area contributed by atoms with Crippen LogP contribution in [0.25, 0.3) is 0 Å². The number of nitrogens with one attached hydrogen (secondary N) is 1. The number of para-hydroxylation sites is 1. The van der Waals surface area contributed by atoms with Gasteiger partial charge in [-0.25, -0.2) is 4.39 Å². The fraction of sp³-hybridized carbons (Fsp3) is 0.259. The Balaban J connectivity index is 1.51. The zero-order valence-corrected chi connectivity index (χ0v) is 20.5. The number of carbonyl (C=O) groups excluding carboxylic acids is 2. The van der Waals surface area contributed by atoms with Crippen LogP contribution in [0.5, 0.6) is 11.5 Å². The topological polar surface area (TPSA) is 103 Å². The third-order valence-corrected chi connectivity index (χ3v) is 6.64. The van der Waals surface area contributed by atoms with E-state index in [2.05, 4.69) is 5.32 Å². The van der Waals surface area contributed by atoms with Crippen LogP contribution in [0.1, 0.15) is 29.5 Å². The number of anilines is 4. The summed E-state index contributed by atoms with van der Waals surface area (Å²) >= 11 is 0. The largest absolute Gasteiger partial charge is 0.493 e. The van der Waals surface area contributed by atoms with Gasteiger partial charge in [0, 0.05) is 28.8 Å². The number of rotatable bonds is 6. The number of alkyl halides is 3. The third kappa shape index (κ3) is 5.01. The number of hydrogen-bond donors (Lipinski definition) is 2. The maximum Gasteiger partial charge on any atom is 0.471 e. The van der Waals surface area contributed by atoms with E-state index in [1.165, 1.54) is 37.4 Å². The monoisotopic (exact) mass is 545 g/mol. The molecule has 0 aromatic heterocycles. The predicted octanol–water partition coefficient (Wildman–Crippen LogP) is 5.22. The highest BCUT2D eigenvalue weighted by Gasteiger charge is 2.48. The number of fused-ring (bicyclic) bond motifs is 2. The molecular formula is C27H23F4N3O5. The molecular weight excluding hydrogens is 522 g/mol. The van der Waals surface area contributed by atoms with Gasteiger partial charge in [0.25, 0.3) is 0 Å². The van der Waals surface area contributed by atoms with Crippen molar-refractivity contribution < 1.29 is 41.4 Å². The van der Waals surface area contributed by atoms with Crippen LogP contribution in [0.15, 0.2) is 54.6 Å². The second kappa shape index (κ2) is 10.0. The molecule has 0 fully saturated rings. The van der Waals surface area contributed by atoms with Crippen LogP contribution in [-0.2, 0) is 14.3 Å². The summed E-state index contributed by atoms with van der Waals surface area (Å²) in [6.45, 7) is -0.119. The van der Waals surface area contributed by atoms with E-state index in [0.717, 1.165) is 0 Å². The molecule has 0 aliphatic carbocycles. The van der Waals surface area contributed by atoms with Crippen molar-refractivity contribution in [3.05, 3.63) is 71.5 Å². The van der Waals surface area contributed by atoms with Gasteiger partial charge in [-0.05, 0) is 30.3 Å². The van der Waals surface area contributed by atoms with E-state index in [1.54, 1.807) is 24.3 Å². The summed E-state index contributed by atoms with van der Waals surface area (Å²) < 4.78 is 71.3. The predicted molar refractivity (Wildman–Crippen MR) is 134 cm³/mol. The third-order valence-electron chi connectivity index (χ3n) is 6.64. The van der Waals surface area contributed by atoms with Gasteiger partial charge >= 0.3 is 18.1 Å². The molecule has 3 aromatic rings. The van der Waals surface area contributed by atoms with Gasteiger partial charge in [0.2, 0.25) is 0 Å². The van der Waals surface area contributed by atoms with Crippen LogP contribution in [0.4, 0.5) is 40.3 Å². The zero-order chi connectivity index (χ0) is 27.9. The molecule has 204 valence electrons. The minimum atomic E-state index is -5.18. The Morgan fingerprint density at radius 2 is 1.85 bits per heavy atom. The van der Waals surface area contributed by atoms with Crippen LogP contribution >= 0.6 is 0 Å². The summed E-state index contributed by atoms with van der Waals surface area (Å²) in [6, 6.07) is 11.6. The van der Waals surface area contributed by atoms with Crippen LogP contribution < -0.4 is 25.4 Å². The molecule has 0 radical (unpaired) electrons. The van der Waals surface area contributed by atoms with E-state index < -0.39 is 29.9 Å². The quantitative estimate of drug-likeness (QED) is 0.249. The summed E-state index contributed by atoms with van der Waals surface area (Å²) in [7, 11) is 1.26. The number of benzene rings is 3. The SMILES string of the molecule is COC(=O)C[C@@H]1COc2cc(N(C(=O)C(F)(F)F)[C@H]3COc4c(Nc5cc(F)ccc5N)cccc43)ccc21. The minimum absolute atomic E-state index is 0.0451. The average molecular weight is 545 g/mol. The fourth-order valence-corrected chi connectivity index (χ4v) is 4.77. The normalized spacial score (nSPS) is 17.5. The molecule has 0 saturated heterocycles. The lowest BCUT2D eigenvalue weighted by atomic mass is 9.97. The average Bonchev–Trinajstić information content (AvgIpc) is 3.50. The van der Waals surface area contributed by atoms with E-state index in [1.807, 2.05) is 0 Å². The van der Waals surface area contributed by atoms with Crippen molar-refractivity contribution in [3.63, 3.8) is 0 Å². The summed E-state index contributed by atoms with van der Waals surface area (Å²) in [5.41, 5.74) is 7.66. The van der Waals surface area contributed by atoms with Crippen molar-refractivity contribution in [1.82, 2.24) is 0 Å². The Labute approximate surface area is 220 Å². The number of nitrogens with two attached hydrogens (primary N) is 1. The maximum atomic E-state index is 13.8. The lowest BCUT2D eigenvalue weighted by Gasteiger charge is -2.29. The highest BCUT2D eigenvalue weighted by Crippen LogP contribution is 2.47. The van der Waals surface area contributed by atoms with Crippen LogP contribution in [-0.4, -0.2) is 38.4 Å². The molecule has 0 saturated carbocycles. The van der Waals surface area contributed by atoms with Crippen molar-refractivity contribution in [2.24, 2.45) is 0 Å². The number of carbonyl (C=O) groups is 2. The molecule has 1 amide bonds. The minimum Gasteiger partial charge on any atom is -0.493 e. The van der Waals surface area contributed by atoms with Crippen molar-refractivity contribution in [2.45, 2.75) is 24.6 Å². The molecule has 2 aliphatic heterocycles. The summed E-state index contributed by atoms with van der Waals surface area (Å²) in [5, 5.41) is 2.96. The van der Waals surface area contributed by atoms with Crippen LogP contribution in [0, 0.1) is 5.82 Å². The van der Waals surface area contributed by atoms with Gasteiger partial charge in [-0.15, -0.1) is 0 Å². The number of ether oxygens (including phenoxy) is 3. The first kappa shape index (κ1) is 26.1.